The van der Waals surface area contributed by atoms with Crippen LogP contribution in [0.15, 0.2) is 42.5 Å². The van der Waals surface area contributed by atoms with E-state index in [9.17, 15) is 4.39 Å². The normalized spacial score (nSPS) is 10.1. The molecule has 1 N–H and O–H groups in total. The summed E-state index contributed by atoms with van der Waals surface area (Å²) >= 11 is 0. The summed E-state index contributed by atoms with van der Waals surface area (Å²) in [6.45, 7) is 3.02. The predicted octanol–water partition coefficient (Wildman–Crippen LogP) is 3.23. The number of pyridine rings is 1. The molecule has 2 rings (SSSR count). The van der Waals surface area contributed by atoms with Crippen LogP contribution < -0.4 is 10.1 Å². The van der Waals surface area contributed by atoms with Crippen LogP contribution in [-0.4, -0.2) is 11.6 Å². The Hall–Kier alpha value is -2.10. The molecule has 1 aromatic heterocycles. The third-order valence-corrected chi connectivity index (χ3v) is 2.38. The molecule has 0 fully saturated rings. The predicted molar refractivity (Wildman–Crippen MR) is 69.1 cm³/mol. The summed E-state index contributed by atoms with van der Waals surface area (Å²) in [5, 5.41) is 3.13. The number of rotatable bonds is 5. The van der Waals surface area contributed by atoms with Gasteiger partial charge in [0.2, 0.25) is 5.88 Å². The van der Waals surface area contributed by atoms with Crippen LogP contribution in [0.1, 0.15) is 12.5 Å². The maximum atomic E-state index is 13.0. The minimum atomic E-state index is -0.231. The van der Waals surface area contributed by atoms with Gasteiger partial charge in [-0.05, 0) is 30.7 Å². The zero-order valence-electron chi connectivity index (χ0n) is 10.2. The van der Waals surface area contributed by atoms with E-state index in [0.29, 0.717) is 24.8 Å². The van der Waals surface area contributed by atoms with Gasteiger partial charge in [-0.25, -0.2) is 4.39 Å². The molecular weight excluding hydrogens is 231 g/mol. The smallest absolute Gasteiger partial charge is 0.215 e. The van der Waals surface area contributed by atoms with Gasteiger partial charge >= 0.3 is 0 Å². The van der Waals surface area contributed by atoms with Crippen LogP contribution in [0, 0.1) is 5.82 Å². The number of hydrogen-bond acceptors (Lipinski definition) is 3. The van der Waals surface area contributed by atoms with E-state index in [1.807, 2.05) is 25.1 Å². The van der Waals surface area contributed by atoms with Crippen molar-refractivity contribution in [3.8, 4) is 5.88 Å². The molecule has 0 aliphatic carbocycles. The fourth-order valence-corrected chi connectivity index (χ4v) is 1.58. The summed E-state index contributed by atoms with van der Waals surface area (Å²) in [6, 6.07) is 12.0. The Morgan fingerprint density at radius 3 is 2.83 bits per heavy atom. The number of ether oxygens (including phenoxy) is 1. The fraction of sp³-hybridized carbons (Fsp3) is 0.214. The molecule has 0 amide bonds. The summed E-state index contributed by atoms with van der Waals surface area (Å²) in [7, 11) is 0. The summed E-state index contributed by atoms with van der Waals surface area (Å²) in [4.78, 5) is 4.27. The molecule has 94 valence electrons. The number of anilines is 1. The van der Waals surface area contributed by atoms with Gasteiger partial charge in [0.15, 0.2) is 0 Å². The van der Waals surface area contributed by atoms with E-state index in [1.165, 1.54) is 12.1 Å². The van der Waals surface area contributed by atoms with E-state index in [1.54, 1.807) is 12.1 Å². The maximum Gasteiger partial charge on any atom is 0.215 e. The van der Waals surface area contributed by atoms with Crippen LogP contribution >= 0.6 is 0 Å². The Labute approximate surface area is 106 Å². The lowest BCUT2D eigenvalue weighted by Crippen LogP contribution is -2.03. The van der Waals surface area contributed by atoms with E-state index >= 15 is 0 Å². The molecule has 18 heavy (non-hydrogen) atoms. The van der Waals surface area contributed by atoms with Gasteiger partial charge in [0, 0.05) is 12.6 Å². The minimum absolute atomic E-state index is 0.231. The van der Waals surface area contributed by atoms with E-state index in [4.69, 9.17) is 4.74 Å². The zero-order chi connectivity index (χ0) is 12.8. The molecule has 2 aromatic rings. The van der Waals surface area contributed by atoms with Crippen LogP contribution in [-0.2, 0) is 6.54 Å². The minimum Gasteiger partial charge on any atom is -0.478 e. The second-order valence-electron chi connectivity index (χ2n) is 3.78. The number of benzene rings is 1. The Balaban J connectivity index is 1.99. The van der Waals surface area contributed by atoms with Gasteiger partial charge in [-0.3, -0.25) is 0 Å². The van der Waals surface area contributed by atoms with E-state index < -0.39 is 0 Å². The summed E-state index contributed by atoms with van der Waals surface area (Å²) in [6.07, 6.45) is 0. The molecule has 0 aliphatic heterocycles. The van der Waals surface area contributed by atoms with Crippen LogP contribution in [0.25, 0.3) is 0 Å². The largest absolute Gasteiger partial charge is 0.478 e. The SMILES string of the molecule is CCOc1cccc(NCc2cccc(F)c2)n1. The first-order valence-corrected chi connectivity index (χ1v) is 5.86. The lowest BCUT2D eigenvalue weighted by Gasteiger charge is -2.07. The highest BCUT2D eigenvalue weighted by Gasteiger charge is 1.99. The van der Waals surface area contributed by atoms with Crippen molar-refractivity contribution >= 4 is 5.82 Å². The Morgan fingerprint density at radius 1 is 1.22 bits per heavy atom. The standard InChI is InChI=1S/C14H15FN2O/c1-2-18-14-8-4-7-13(17-14)16-10-11-5-3-6-12(15)9-11/h3-9H,2,10H2,1H3,(H,16,17). The molecule has 3 nitrogen and oxygen atoms in total. The number of halogens is 1. The van der Waals surface area contributed by atoms with Crippen molar-refractivity contribution < 1.29 is 9.13 Å². The molecule has 0 saturated heterocycles. The Kier molecular flexibility index (Phi) is 4.12. The highest BCUT2D eigenvalue weighted by Crippen LogP contribution is 2.12. The van der Waals surface area contributed by atoms with Crippen LogP contribution in [0.2, 0.25) is 0 Å². The molecular formula is C14H15FN2O. The summed E-state index contributed by atoms with van der Waals surface area (Å²) in [5.41, 5.74) is 0.874. The highest BCUT2D eigenvalue weighted by atomic mass is 19.1. The lowest BCUT2D eigenvalue weighted by atomic mass is 10.2. The number of nitrogens with zero attached hydrogens (tertiary/aromatic N) is 1. The monoisotopic (exact) mass is 246 g/mol. The average Bonchev–Trinajstić information content (AvgIpc) is 2.37. The van der Waals surface area contributed by atoms with Gasteiger partial charge in [0.25, 0.3) is 0 Å². The van der Waals surface area contributed by atoms with E-state index in [0.717, 1.165) is 5.56 Å². The first-order chi connectivity index (χ1) is 8.78. The molecule has 1 aromatic carbocycles. The van der Waals surface area contributed by atoms with Gasteiger partial charge < -0.3 is 10.1 Å². The van der Waals surface area contributed by atoms with Crippen molar-refractivity contribution in [3.63, 3.8) is 0 Å². The molecule has 0 radical (unpaired) electrons. The topological polar surface area (TPSA) is 34.1 Å². The number of hydrogen-bond donors (Lipinski definition) is 1. The van der Waals surface area contributed by atoms with Gasteiger partial charge in [-0.1, -0.05) is 18.2 Å². The van der Waals surface area contributed by atoms with Gasteiger partial charge in [0.05, 0.1) is 6.61 Å². The van der Waals surface area contributed by atoms with Crippen LogP contribution in [0.4, 0.5) is 10.2 Å². The first kappa shape index (κ1) is 12.4. The molecule has 0 unspecified atom stereocenters. The molecule has 4 heteroatoms. The highest BCUT2D eigenvalue weighted by molar-refractivity contribution is 5.38. The van der Waals surface area contributed by atoms with Crippen molar-refractivity contribution in [2.75, 3.05) is 11.9 Å². The average molecular weight is 246 g/mol. The van der Waals surface area contributed by atoms with Crippen molar-refractivity contribution in [2.24, 2.45) is 0 Å². The second-order valence-corrected chi connectivity index (χ2v) is 3.78. The quantitative estimate of drug-likeness (QED) is 0.879. The van der Waals surface area contributed by atoms with Crippen molar-refractivity contribution in [1.29, 1.82) is 0 Å². The zero-order valence-corrected chi connectivity index (χ0v) is 10.2. The maximum absolute atomic E-state index is 13.0. The molecule has 0 bridgehead atoms. The molecule has 1 heterocycles. The molecule has 0 spiro atoms. The number of aromatic nitrogens is 1. The van der Waals surface area contributed by atoms with Crippen molar-refractivity contribution in [1.82, 2.24) is 4.98 Å². The molecule has 0 saturated carbocycles. The lowest BCUT2D eigenvalue weighted by molar-refractivity contribution is 0.327. The number of nitrogens with one attached hydrogen (secondary N) is 1. The molecule has 0 aliphatic rings. The Bertz CT molecular complexity index is 517. The third-order valence-electron chi connectivity index (χ3n) is 2.38. The van der Waals surface area contributed by atoms with Crippen LogP contribution in [0.3, 0.4) is 0 Å². The molecule has 0 atom stereocenters. The fourth-order valence-electron chi connectivity index (χ4n) is 1.58. The summed E-state index contributed by atoms with van der Waals surface area (Å²) < 4.78 is 18.3. The van der Waals surface area contributed by atoms with Crippen molar-refractivity contribution in [2.45, 2.75) is 13.5 Å². The van der Waals surface area contributed by atoms with E-state index in [2.05, 4.69) is 10.3 Å². The van der Waals surface area contributed by atoms with Crippen molar-refractivity contribution in [3.05, 3.63) is 53.8 Å². The van der Waals surface area contributed by atoms with Gasteiger partial charge in [-0.2, -0.15) is 4.98 Å². The van der Waals surface area contributed by atoms with Gasteiger partial charge in [0.1, 0.15) is 11.6 Å². The van der Waals surface area contributed by atoms with E-state index in [-0.39, 0.29) is 5.82 Å². The van der Waals surface area contributed by atoms with Crippen LogP contribution in [0.5, 0.6) is 5.88 Å². The Morgan fingerprint density at radius 2 is 2.06 bits per heavy atom. The second kappa shape index (κ2) is 6.00. The first-order valence-electron chi connectivity index (χ1n) is 5.86. The third kappa shape index (κ3) is 3.45. The summed E-state index contributed by atoms with van der Waals surface area (Å²) in [5.74, 6) is 1.07. The van der Waals surface area contributed by atoms with Gasteiger partial charge in [-0.15, -0.1) is 0 Å².